The van der Waals surface area contributed by atoms with Gasteiger partial charge in [-0.15, -0.1) is 0 Å². The smallest absolute Gasteiger partial charge is 0.125 e. The van der Waals surface area contributed by atoms with Crippen LogP contribution in [0.2, 0.25) is 0 Å². The Morgan fingerprint density at radius 1 is 1.23 bits per heavy atom. The van der Waals surface area contributed by atoms with Crippen LogP contribution in [-0.2, 0) is 13.0 Å². The molecule has 0 aliphatic carbocycles. The molecule has 4 nitrogen and oxygen atoms in total. The van der Waals surface area contributed by atoms with Crippen LogP contribution in [0, 0.1) is 6.92 Å². The number of aryl methyl sites for hydroxylation is 1. The molecule has 2 unspecified atom stereocenters. The van der Waals surface area contributed by atoms with Crippen molar-refractivity contribution in [1.82, 2.24) is 14.9 Å². The summed E-state index contributed by atoms with van der Waals surface area (Å²) in [6.45, 7) is 2.97. The largest absolute Gasteiger partial charge is 0.497 e. The van der Waals surface area contributed by atoms with Crippen molar-refractivity contribution in [2.75, 3.05) is 7.11 Å². The van der Waals surface area contributed by atoms with Crippen LogP contribution in [-0.4, -0.2) is 28.0 Å². The van der Waals surface area contributed by atoms with Gasteiger partial charge in [0.25, 0.3) is 0 Å². The zero-order valence-corrected chi connectivity index (χ0v) is 13.1. The number of rotatable bonds is 3. The Bertz CT molecular complexity index is 683. The van der Waals surface area contributed by atoms with E-state index in [0.29, 0.717) is 12.1 Å². The number of methoxy groups -OCH3 is 1. The van der Waals surface area contributed by atoms with Crippen LogP contribution in [0.25, 0.3) is 0 Å². The van der Waals surface area contributed by atoms with Crippen LogP contribution < -0.4 is 4.74 Å². The van der Waals surface area contributed by atoms with Crippen molar-refractivity contribution < 1.29 is 4.74 Å². The van der Waals surface area contributed by atoms with E-state index in [4.69, 9.17) is 4.74 Å². The van der Waals surface area contributed by atoms with Crippen LogP contribution in [0.3, 0.4) is 0 Å². The summed E-state index contributed by atoms with van der Waals surface area (Å²) in [7, 11) is 1.71. The van der Waals surface area contributed by atoms with Gasteiger partial charge in [0.15, 0.2) is 0 Å². The second-order valence-corrected chi connectivity index (χ2v) is 6.29. The number of nitrogens with zero attached hydrogens (tertiary/aromatic N) is 3. The van der Waals surface area contributed by atoms with Crippen molar-refractivity contribution in [1.29, 1.82) is 0 Å². The summed E-state index contributed by atoms with van der Waals surface area (Å²) in [6, 6.07) is 9.52. The summed E-state index contributed by atoms with van der Waals surface area (Å²) >= 11 is 0. The van der Waals surface area contributed by atoms with Crippen LogP contribution >= 0.6 is 0 Å². The molecule has 2 bridgehead atoms. The van der Waals surface area contributed by atoms with Gasteiger partial charge in [0.05, 0.1) is 12.8 Å². The summed E-state index contributed by atoms with van der Waals surface area (Å²) in [5, 5.41) is 0. The first-order valence-corrected chi connectivity index (χ1v) is 7.95. The normalized spacial score (nSPS) is 23.4. The summed E-state index contributed by atoms with van der Waals surface area (Å²) in [5.41, 5.74) is 3.95. The van der Waals surface area contributed by atoms with E-state index in [9.17, 15) is 0 Å². The topological polar surface area (TPSA) is 38.2 Å². The average Bonchev–Trinajstić information content (AvgIpc) is 2.81. The Labute approximate surface area is 131 Å². The number of ether oxygens (including phenoxy) is 1. The van der Waals surface area contributed by atoms with Gasteiger partial charge in [-0.25, -0.2) is 9.97 Å². The first-order valence-electron chi connectivity index (χ1n) is 7.95. The molecule has 2 aromatic rings. The number of aromatic nitrogens is 2. The minimum Gasteiger partial charge on any atom is -0.497 e. The molecule has 4 heteroatoms. The molecule has 3 heterocycles. The lowest BCUT2D eigenvalue weighted by molar-refractivity contribution is 0.166. The Balaban J connectivity index is 1.59. The Morgan fingerprint density at radius 2 is 2.05 bits per heavy atom. The van der Waals surface area contributed by atoms with Gasteiger partial charge in [0, 0.05) is 36.8 Å². The molecular formula is C18H21N3O. The lowest BCUT2D eigenvalue weighted by atomic mass is 9.98. The van der Waals surface area contributed by atoms with Crippen molar-refractivity contribution in [3.05, 3.63) is 53.1 Å². The summed E-state index contributed by atoms with van der Waals surface area (Å²) in [4.78, 5) is 11.7. The molecule has 0 spiro atoms. The van der Waals surface area contributed by atoms with Gasteiger partial charge in [-0.2, -0.15) is 0 Å². The number of hydrogen-bond acceptors (Lipinski definition) is 4. The molecule has 2 aliphatic heterocycles. The van der Waals surface area contributed by atoms with Gasteiger partial charge in [0.2, 0.25) is 0 Å². The van der Waals surface area contributed by atoms with E-state index < -0.39 is 0 Å². The summed E-state index contributed by atoms with van der Waals surface area (Å²) in [5.74, 6) is 1.81. The number of benzene rings is 1. The second kappa shape index (κ2) is 5.36. The van der Waals surface area contributed by atoms with Gasteiger partial charge in [0.1, 0.15) is 11.6 Å². The van der Waals surface area contributed by atoms with Crippen molar-refractivity contribution in [2.45, 2.75) is 44.8 Å². The lowest BCUT2D eigenvalue weighted by Gasteiger charge is -2.35. The van der Waals surface area contributed by atoms with Crippen molar-refractivity contribution in [3.63, 3.8) is 0 Å². The fraction of sp³-hybridized carbons (Fsp3) is 0.444. The third-order valence-corrected chi connectivity index (χ3v) is 4.98. The zero-order chi connectivity index (χ0) is 15.1. The highest BCUT2D eigenvalue weighted by Crippen LogP contribution is 2.43. The molecule has 2 aliphatic rings. The second-order valence-electron chi connectivity index (χ2n) is 6.29. The number of fused-ring (bicyclic) bond motifs is 4. The van der Waals surface area contributed by atoms with Crippen molar-refractivity contribution >= 4 is 0 Å². The van der Waals surface area contributed by atoms with Gasteiger partial charge < -0.3 is 4.74 Å². The molecule has 2 atom stereocenters. The Morgan fingerprint density at radius 3 is 2.82 bits per heavy atom. The van der Waals surface area contributed by atoms with E-state index in [1.165, 1.54) is 29.7 Å². The van der Waals surface area contributed by atoms with E-state index in [0.717, 1.165) is 24.5 Å². The van der Waals surface area contributed by atoms with Crippen molar-refractivity contribution in [3.8, 4) is 5.75 Å². The molecule has 114 valence electrons. The highest BCUT2D eigenvalue weighted by Gasteiger charge is 2.40. The first-order chi connectivity index (χ1) is 10.7. The molecule has 0 amide bonds. The molecule has 1 saturated heterocycles. The van der Waals surface area contributed by atoms with Gasteiger partial charge in [-0.05, 0) is 37.5 Å². The summed E-state index contributed by atoms with van der Waals surface area (Å²) in [6.07, 6.45) is 5.59. The zero-order valence-electron chi connectivity index (χ0n) is 13.1. The van der Waals surface area contributed by atoms with E-state index in [2.05, 4.69) is 27.0 Å². The fourth-order valence-electron chi connectivity index (χ4n) is 3.86. The van der Waals surface area contributed by atoms with E-state index in [-0.39, 0.29) is 0 Å². The van der Waals surface area contributed by atoms with Crippen LogP contribution in [0.4, 0.5) is 0 Å². The van der Waals surface area contributed by atoms with Crippen LogP contribution in [0.5, 0.6) is 5.75 Å². The highest BCUT2D eigenvalue weighted by molar-refractivity contribution is 5.31. The Kier molecular flexibility index (Phi) is 3.34. The molecule has 1 aromatic carbocycles. The highest BCUT2D eigenvalue weighted by atomic mass is 16.5. The molecule has 1 fully saturated rings. The van der Waals surface area contributed by atoms with Gasteiger partial charge in [-0.3, -0.25) is 4.90 Å². The lowest BCUT2D eigenvalue weighted by Crippen LogP contribution is -2.37. The van der Waals surface area contributed by atoms with E-state index in [1.807, 2.05) is 25.3 Å². The third kappa shape index (κ3) is 2.28. The molecule has 22 heavy (non-hydrogen) atoms. The van der Waals surface area contributed by atoms with E-state index >= 15 is 0 Å². The van der Waals surface area contributed by atoms with Gasteiger partial charge >= 0.3 is 0 Å². The fourth-order valence-corrected chi connectivity index (χ4v) is 3.86. The maximum absolute atomic E-state index is 5.24. The molecule has 0 radical (unpaired) electrons. The summed E-state index contributed by atoms with van der Waals surface area (Å²) < 4.78 is 5.24. The quantitative estimate of drug-likeness (QED) is 0.872. The third-order valence-electron chi connectivity index (χ3n) is 4.98. The maximum Gasteiger partial charge on any atom is 0.125 e. The monoisotopic (exact) mass is 295 g/mol. The predicted octanol–water partition coefficient (Wildman–Crippen LogP) is 3.06. The number of hydrogen-bond donors (Lipinski definition) is 0. The first kappa shape index (κ1) is 13.7. The minimum atomic E-state index is 0.483. The standard InChI is InChI=1S/C18H21N3O/c1-12-19-10-16-17(20-12)9-14-5-8-18(16)21(14)11-13-3-6-15(22-2)7-4-13/h3-4,6-7,10,14,18H,5,8-9,11H2,1-2H3. The van der Waals surface area contributed by atoms with Crippen LogP contribution in [0.1, 0.15) is 41.5 Å². The minimum absolute atomic E-state index is 0.483. The van der Waals surface area contributed by atoms with Gasteiger partial charge in [-0.1, -0.05) is 12.1 Å². The SMILES string of the molecule is COc1ccc(CN2C3CCC2c2cnc(C)nc2C3)cc1. The maximum atomic E-state index is 5.24. The molecule has 0 saturated carbocycles. The molecule has 1 aromatic heterocycles. The molecular weight excluding hydrogens is 274 g/mol. The predicted molar refractivity (Wildman–Crippen MR) is 84.8 cm³/mol. The van der Waals surface area contributed by atoms with Crippen molar-refractivity contribution in [2.24, 2.45) is 0 Å². The molecule has 4 rings (SSSR count). The Hall–Kier alpha value is -1.94. The average molecular weight is 295 g/mol. The molecule has 0 N–H and O–H groups in total. The van der Waals surface area contributed by atoms with Crippen LogP contribution in [0.15, 0.2) is 30.5 Å². The van der Waals surface area contributed by atoms with E-state index in [1.54, 1.807) is 7.11 Å².